The summed E-state index contributed by atoms with van der Waals surface area (Å²) >= 11 is 5.58. The number of fused-ring (bicyclic) bond motifs is 5. The molecule has 0 aromatic heterocycles. The second kappa shape index (κ2) is 6.28. The van der Waals surface area contributed by atoms with Gasteiger partial charge in [0.05, 0.1) is 0 Å². The Bertz CT molecular complexity index is 619. The first-order valence-electron chi connectivity index (χ1n) is 10.2. The summed E-state index contributed by atoms with van der Waals surface area (Å²) in [4.78, 5) is 12.2. The first-order valence-corrected chi connectivity index (χ1v) is 10.6. The monoisotopic (exact) mass is 362 g/mol. The number of aliphatic hydroxyl groups is 1. The van der Waals surface area contributed by atoms with Gasteiger partial charge in [0.1, 0.15) is 11.4 Å². The van der Waals surface area contributed by atoms with Crippen LogP contribution in [0.2, 0.25) is 0 Å². The second-order valence-corrected chi connectivity index (χ2v) is 9.90. The quantitative estimate of drug-likeness (QED) is 0.682. The summed E-state index contributed by atoms with van der Waals surface area (Å²) in [6, 6.07) is 0. The zero-order valence-electron chi connectivity index (χ0n) is 15.6. The molecule has 4 fully saturated rings. The van der Waals surface area contributed by atoms with Crippen molar-refractivity contribution in [2.24, 2.45) is 40.9 Å². The lowest BCUT2D eigenvalue weighted by molar-refractivity contribution is -0.129. The zero-order chi connectivity index (χ0) is 17.8. The van der Waals surface area contributed by atoms with Crippen LogP contribution in [0.1, 0.15) is 71.6 Å². The fourth-order valence-corrected chi connectivity index (χ4v) is 7.92. The predicted octanol–water partition coefficient (Wildman–Crippen LogP) is 4.78. The summed E-state index contributed by atoms with van der Waals surface area (Å²) in [6.07, 6.45) is 10.0. The Balaban J connectivity index is 1.53. The van der Waals surface area contributed by atoms with Crippen LogP contribution < -0.4 is 0 Å². The highest BCUT2D eigenvalue weighted by atomic mass is 35.5. The van der Waals surface area contributed by atoms with Gasteiger partial charge >= 0.3 is 0 Å². The van der Waals surface area contributed by atoms with E-state index in [0.717, 1.165) is 49.4 Å². The highest BCUT2D eigenvalue weighted by molar-refractivity contribution is 6.30. The molecule has 0 radical (unpaired) electrons. The second-order valence-electron chi connectivity index (χ2n) is 9.71. The molecule has 4 rings (SSSR count). The normalized spacial score (nSPS) is 51.5. The van der Waals surface area contributed by atoms with Crippen molar-refractivity contribution < 1.29 is 9.90 Å². The molecule has 138 valence electrons. The maximum Gasteiger partial charge on any atom is 0.133 e. The van der Waals surface area contributed by atoms with Gasteiger partial charge < -0.3 is 5.11 Å². The molecule has 4 unspecified atom stereocenters. The van der Waals surface area contributed by atoms with E-state index in [1.165, 1.54) is 32.1 Å². The highest BCUT2D eigenvalue weighted by Gasteiger charge is 2.58. The van der Waals surface area contributed by atoms with Crippen LogP contribution in [-0.2, 0) is 4.79 Å². The van der Waals surface area contributed by atoms with Crippen molar-refractivity contribution in [3.63, 3.8) is 0 Å². The largest absolute Gasteiger partial charge is 0.378 e. The summed E-state index contributed by atoms with van der Waals surface area (Å²) in [6.45, 7) is 4.22. The molecule has 0 heterocycles. The molecule has 0 amide bonds. The molecule has 4 aliphatic carbocycles. The lowest BCUT2D eigenvalue weighted by Gasteiger charge is -2.56. The molecule has 25 heavy (non-hydrogen) atoms. The van der Waals surface area contributed by atoms with Gasteiger partial charge in [-0.25, -0.2) is 0 Å². The Morgan fingerprint density at radius 2 is 1.80 bits per heavy atom. The summed E-state index contributed by atoms with van der Waals surface area (Å²) in [5.41, 5.74) is -0.606. The number of Topliss-reactive ketones (excluding diaryl/α,β-unsaturated/α-hetero) is 1. The van der Waals surface area contributed by atoms with Gasteiger partial charge in [-0.2, -0.15) is 0 Å². The van der Waals surface area contributed by atoms with Crippen LogP contribution in [0, 0.1) is 52.2 Å². The SMILES string of the molecule is CC(=O)[C@H]1CCC2C3CCC4C[C@@](O)(C#CCl)CC[C@@H]4C3CC[C@@]21C. The van der Waals surface area contributed by atoms with E-state index >= 15 is 0 Å². The Kier molecular flexibility index (Phi) is 4.49. The number of carbonyl (C=O) groups is 1. The number of hydrogen-bond acceptors (Lipinski definition) is 2. The van der Waals surface area contributed by atoms with Crippen molar-refractivity contribution in [3.05, 3.63) is 0 Å². The highest BCUT2D eigenvalue weighted by Crippen LogP contribution is 2.64. The van der Waals surface area contributed by atoms with E-state index < -0.39 is 5.60 Å². The number of ketones is 1. The van der Waals surface area contributed by atoms with Crippen molar-refractivity contribution in [2.75, 3.05) is 0 Å². The average molecular weight is 363 g/mol. The Labute approximate surface area is 157 Å². The Hall–Kier alpha value is -0.520. The van der Waals surface area contributed by atoms with Crippen molar-refractivity contribution in [1.29, 1.82) is 0 Å². The molecule has 0 spiro atoms. The molecule has 3 heteroatoms. The molecule has 4 saturated carbocycles. The first-order chi connectivity index (χ1) is 11.9. The van der Waals surface area contributed by atoms with E-state index in [2.05, 4.69) is 18.2 Å². The molecule has 8 atom stereocenters. The van der Waals surface area contributed by atoms with Crippen molar-refractivity contribution in [1.82, 2.24) is 0 Å². The molecule has 0 aromatic rings. The van der Waals surface area contributed by atoms with Gasteiger partial charge in [-0.15, -0.1) is 0 Å². The van der Waals surface area contributed by atoms with Gasteiger partial charge in [0, 0.05) is 11.3 Å². The minimum absolute atomic E-state index is 0.249. The molecular weight excluding hydrogens is 332 g/mol. The van der Waals surface area contributed by atoms with Crippen LogP contribution in [0.25, 0.3) is 0 Å². The summed E-state index contributed by atoms with van der Waals surface area (Å²) < 4.78 is 0. The zero-order valence-corrected chi connectivity index (χ0v) is 16.3. The third-order valence-corrected chi connectivity index (χ3v) is 8.88. The van der Waals surface area contributed by atoms with E-state index in [1.54, 1.807) is 6.92 Å². The van der Waals surface area contributed by atoms with Gasteiger partial charge in [0.15, 0.2) is 0 Å². The summed E-state index contributed by atoms with van der Waals surface area (Å²) in [5, 5.41) is 13.1. The van der Waals surface area contributed by atoms with E-state index in [9.17, 15) is 9.90 Å². The number of halogens is 1. The topological polar surface area (TPSA) is 37.3 Å². The lowest BCUT2D eigenvalue weighted by Crippen LogP contribution is -2.51. The third-order valence-electron chi connectivity index (χ3n) is 8.78. The van der Waals surface area contributed by atoms with Crippen LogP contribution in [0.15, 0.2) is 0 Å². The lowest BCUT2D eigenvalue weighted by atomic mass is 9.49. The molecular formula is C22H31ClO2. The standard InChI is InChI=1S/C22H31ClO2/c1-14(24)19-5-6-20-18-4-3-15-13-22(25,11-12-23)10-8-16(15)17(18)7-9-21(19,20)2/h15-20,25H,3-10,13H2,1-2H3/t15?,16-,17?,18?,19+,20?,21+,22-/m0/s1. The van der Waals surface area contributed by atoms with Crippen LogP contribution in [0.5, 0.6) is 0 Å². The smallest absolute Gasteiger partial charge is 0.133 e. The third kappa shape index (κ3) is 2.78. The van der Waals surface area contributed by atoms with Crippen LogP contribution in [0.4, 0.5) is 0 Å². The fourth-order valence-electron chi connectivity index (χ4n) is 7.75. The van der Waals surface area contributed by atoms with Crippen molar-refractivity contribution >= 4 is 17.4 Å². The van der Waals surface area contributed by atoms with E-state index in [1.807, 2.05) is 0 Å². The number of rotatable bonds is 1. The van der Waals surface area contributed by atoms with Crippen molar-refractivity contribution in [2.45, 2.75) is 77.2 Å². The van der Waals surface area contributed by atoms with Crippen LogP contribution >= 0.6 is 11.6 Å². The Morgan fingerprint density at radius 3 is 2.52 bits per heavy atom. The summed E-state index contributed by atoms with van der Waals surface area (Å²) in [5.74, 6) is 7.27. The molecule has 0 aromatic carbocycles. The van der Waals surface area contributed by atoms with E-state index in [0.29, 0.717) is 17.6 Å². The van der Waals surface area contributed by atoms with E-state index in [-0.39, 0.29) is 5.41 Å². The van der Waals surface area contributed by atoms with Crippen LogP contribution in [-0.4, -0.2) is 16.5 Å². The number of hydrogen-bond donors (Lipinski definition) is 1. The molecule has 1 N–H and O–H groups in total. The minimum Gasteiger partial charge on any atom is -0.378 e. The molecule has 0 bridgehead atoms. The minimum atomic E-state index is -0.855. The molecule has 2 nitrogen and oxygen atoms in total. The maximum absolute atomic E-state index is 12.2. The van der Waals surface area contributed by atoms with Gasteiger partial charge in [0.25, 0.3) is 0 Å². The van der Waals surface area contributed by atoms with Gasteiger partial charge in [0.2, 0.25) is 0 Å². The Morgan fingerprint density at radius 1 is 1.04 bits per heavy atom. The molecule has 0 saturated heterocycles. The number of carbonyl (C=O) groups excluding carboxylic acids is 1. The van der Waals surface area contributed by atoms with Crippen molar-refractivity contribution in [3.8, 4) is 11.3 Å². The molecule has 4 aliphatic rings. The first kappa shape index (κ1) is 17.9. The van der Waals surface area contributed by atoms with Gasteiger partial charge in [-0.1, -0.05) is 12.8 Å². The van der Waals surface area contributed by atoms with Crippen LogP contribution in [0.3, 0.4) is 0 Å². The average Bonchev–Trinajstić information content (AvgIpc) is 2.91. The molecule has 0 aliphatic heterocycles. The van der Waals surface area contributed by atoms with Gasteiger partial charge in [-0.05, 0) is 111 Å². The van der Waals surface area contributed by atoms with Gasteiger partial charge in [-0.3, -0.25) is 4.79 Å². The fraction of sp³-hybridized carbons (Fsp3) is 0.864. The van der Waals surface area contributed by atoms with E-state index in [4.69, 9.17) is 11.6 Å². The predicted molar refractivity (Wildman–Crippen MR) is 99.9 cm³/mol. The maximum atomic E-state index is 12.2. The summed E-state index contributed by atoms with van der Waals surface area (Å²) in [7, 11) is 0.